The Labute approximate surface area is 109 Å². The van der Waals surface area contributed by atoms with Gasteiger partial charge >= 0.3 is 0 Å². The second-order valence-electron chi connectivity index (χ2n) is 3.95. The van der Waals surface area contributed by atoms with E-state index in [-0.39, 0.29) is 0 Å². The normalized spacial score (nSPS) is 10.2. The maximum Gasteiger partial charge on any atom is 0.120 e. The van der Waals surface area contributed by atoms with Crippen molar-refractivity contribution < 1.29 is 5.11 Å². The number of halogens is 1. The van der Waals surface area contributed by atoms with Crippen LogP contribution in [0.3, 0.4) is 0 Å². The van der Waals surface area contributed by atoms with Crippen molar-refractivity contribution in [3.05, 3.63) is 58.1 Å². The molecule has 0 saturated carbocycles. The molecular formula is C14H14BrNO. The quantitative estimate of drug-likeness (QED) is 0.893. The van der Waals surface area contributed by atoms with Gasteiger partial charge in [-0.1, -0.05) is 40.2 Å². The minimum absolute atomic E-state index is 0.321. The van der Waals surface area contributed by atoms with Crippen LogP contribution in [0.15, 0.2) is 46.9 Å². The summed E-state index contributed by atoms with van der Waals surface area (Å²) in [5.41, 5.74) is 2.99. The van der Waals surface area contributed by atoms with Gasteiger partial charge in [0, 0.05) is 22.8 Å². The second-order valence-corrected chi connectivity index (χ2v) is 4.80. The van der Waals surface area contributed by atoms with Crippen LogP contribution in [0.25, 0.3) is 0 Å². The van der Waals surface area contributed by atoms with Crippen LogP contribution in [-0.2, 0) is 6.54 Å². The van der Waals surface area contributed by atoms with Crippen LogP contribution in [0, 0.1) is 6.92 Å². The summed E-state index contributed by atoms with van der Waals surface area (Å²) >= 11 is 3.51. The minimum atomic E-state index is 0.321. The SMILES string of the molecule is Cc1ccc(NCc2ccccc2Br)cc1O. The standard InChI is InChI=1S/C14H14BrNO/c1-10-6-7-12(8-14(10)17)16-9-11-4-2-3-5-13(11)15/h2-8,16-17H,9H2,1H3. The molecule has 0 aliphatic heterocycles. The van der Waals surface area contributed by atoms with Crippen LogP contribution in [-0.4, -0.2) is 5.11 Å². The lowest BCUT2D eigenvalue weighted by Gasteiger charge is -2.09. The lowest BCUT2D eigenvalue weighted by Crippen LogP contribution is -1.99. The van der Waals surface area contributed by atoms with Gasteiger partial charge in [-0.3, -0.25) is 0 Å². The number of hydrogen-bond acceptors (Lipinski definition) is 2. The second kappa shape index (κ2) is 5.23. The van der Waals surface area contributed by atoms with Crippen LogP contribution in [0.2, 0.25) is 0 Å². The van der Waals surface area contributed by atoms with E-state index >= 15 is 0 Å². The fourth-order valence-electron chi connectivity index (χ4n) is 1.56. The van der Waals surface area contributed by atoms with Crippen molar-refractivity contribution in [3.63, 3.8) is 0 Å². The Bertz CT molecular complexity index is 525. The fourth-order valence-corrected chi connectivity index (χ4v) is 1.98. The molecular weight excluding hydrogens is 278 g/mol. The van der Waals surface area contributed by atoms with Gasteiger partial charge in [-0.15, -0.1) is 0 Å². The molecule has 2 aromatic rings. The summed E-state index contributed by atoms with van der Waals surface area (Å²) in [5.74, 6) is 0.321. The Morgan fingerprint density at radius 1 is 1.18 bits per heavy atom. The number of aryl methyl sites for hydroxylation is 1. The highest BCUT2D eigenvalue weighted by molar-refractivity contribution is 9.10. The Kier molecular flexibility index (Phi) is 3.69. The van der Waals surface area contributed by atoms with Crippen molar-refractivity contribution in [3.8, 4) is 5.75 Å². The molecule has 0 spiro atoms. The van der Waals surface area contributed by atoms with Gasteiger partial charge < -0.3 is 10.4 Å². The Morgan fingerprint density at radius 3 is 2.65 bits per heavy atom. The molecule has 0 heterocycles. The van der Waals surface area contributed by atoms with Crippen molar-refractivity contribution in [2.45, 2.75) is 13.5 Å². The Balaban J connectivity index is 2.08. The zero-order chi connectivity index (χ0) is 12.3. The average Bonchev–Trinajstić information content (AvgIpc) is 2.32. The predicted octanol–water partition coefficient (Wildman–Crippen LogP) is 4.08. The van der Waals surface area contributed by atoms with Gasteiger partial charge in [0.05, 0.1) is 0 Å². The lowest BCUT2D eigenvalue weighted by atomic mass is 10.2. The molecule has 2 nitrogen and oxygen atoms in total. The van der Waals surface area contributed by atoms with Gasteiger partial charge in [0.25, 0.3) is 0 Å². The molecule has 0 atom stereocenters. The topological polar surface area (TPSA) is 32.3 Å². The van der Waals surface area contributed by atoms with E-state index in [0.29, 0.717) is 5.75 Å². The van der Waals surface area contributed by atoms with E-state index in [2.05, 4.69) is 27.3 Å². The van der Waals surface area contributed by atoms with Gasteiger partial charge in [0.2, 0.25) is 0 Å². The van der Waals surface area contributed by atoms with Gasteiger partial charge in [-0.2, -0.15) is 0 Å². The lowest BCUT2D eigenvalue weighted by molar-refractivity contribution is 0.471. The molecule has 0 aliphatic rings. The third-order valence-corrected chi connectivity index (χ3v) is 3.42. The zero-order valence-electron chi connectivity index (χ0n) is 9.57. The molecule has 0 unspecified atom stereocenters. The van der Waals surface area contributed by atoms with E-state index in [9.17, 15) is 5.11 Å². The molecule has 0 amide bonds. The molecule has 0 bridgehead atoms. The van der Waals surface area contributed by atoms with E-state index in [0.717, 1.165) is 22.3 Å². The smallest absolute Gasteiger partial charge is 0.120 e. The number of nitrogens with one attached hydrogen (secondary N) is 1. The highest BCUT2D eigenvalue weighted by Crippen LogP contribution is 2.22. The van der Waals surface area contributed by atoms with Crippen molar-refractivity contribution in [1.82, 2.24) is 0 Å². The maximum absolute atomic E-state index is 9.60. The van der Waals surface area contributed by atoms with Gasteiger partial charge in [-0.25, -0.2) is 0 Å². The summed E-state index contributed by atoms with van der Waals surface area (Å²) in [5, 5.41) is 12.9. The molecule has 88 valence electrons. The van der Waals surface area contributed by atoms with Gasteiger partial charge in [0.1, 0.15) is 5.75 Å². The van der Waals surface area contributed by atoms with Crippen molar-refractivity contribution in [2.75, 3.05) is 5.32 Å². The summed E-state index contributed by atoms with van der Waals surface area (Å²) in [7, 11) is 0. The summed E-state index contributed by atoms with van der Waals surface area (Å²) in [4.78, 5) is 0. The third-order valence-electron chi connectivity index (χ3n) is 2.65. The number of benzene rings is 2. The van der Waals surface area contributed by atoms with Crippen LogP contribution in [0.5, 0.6) is 5.75 Å². The highest BCUT2D eigenvalue weighted by Gasteiger charge is 2.00. The van der Waals surface area contributed by atoms with Crippen LogP contribution < -0.4 is 5.32 Å². The van der Waals surface area contributed by atoms with Crippen molar-refractivity contribution in [1.29, 1.82) is 0 Å². The van der Waals surface area contributed by atoms with E-state index in [1.165, 1.54) is 5.56 Å². The van der Waals surface area contributed by atoms with E-state index in [4.69, 9.17) is 0 Å². The van der Waals surface area contributed by atoms with Crippen LogP contribution in [0.4, 0.5) is 5.69 Å². The van der Waals surface area contributed by atoms with E-state index in [1.807, 2.05) is 37.3 Å². The van der Waals surface area contributed by atoms with Crippen molar-refractivity contribution >= 4 is 21.6 Å². The molecule has 0 saturated heterocycles. The maximum atomic E-state index is 9.60. The molecule has 3 heteroatoms. The molecule has 0 fully saturated rings. The Hall–Kier alpha value is -1.48. The summed E-state index contributed by atoms with van der Waals surface area (Å²) in [6, 6.07) is 13.7. The average molecular weight is 292 g/mol. The predicted molar refractivity (Wildman–Crippen MR) is 74.3 cm³/mol. The summed E-state index contributed by atoms with van der Waals surface area (Å²) in [6.07, 6.45) is 0. The minimum Gasteiger partial charge on any atom is -0.508 e. The first-order valence-corrected chi connectivity index (χ1v) is 6.23. The van der Waals surface area contributed by atoms with E-state index < -0.39 is 0 Å². The zero-order valence-corrected chi connectivity index (χ0v) is 11.2. The first-order valence-electron chi connectivity index (χ1n) is 5.44. The number of phenolic OH excluding ortho intramolecular Hbond substituents is 1. The number of rotatable bonds is 3. The Morgan fingerprint density at radius 2 is 1.94 bits per heavy atom. The molecule has 2 N–H and O–H groups in total. The molecule has 0 aromatic heterocycles. The first-order chi connectivity index (χ1) is 8.16. The number of hydrogen-bond donors (Lipinski definition) is 2. The number of anilines is 1. The van der Waals surface area contributed by atoms with E-state index in [1.54, 1.807) is 6.07 Å². The highest BCUT2D eigenvalue weighted by atomic mass is 79.9. The van der Waals surface area contributed by atoms with Gasteiger partial charge in [-0.05, 0) is 30.2 Å². The molecule has 2 aromatic carbocycles. The summed E-state index contributed by atoms with van der Waals surface area (Å²) in [6.45, 7) is 2.61. The first kappa shape index (κ1) is 12.0. The fraction of sp³-hybridized carbons (Fsp3) is 0.143. The van der Waals surface area contributed by atoms with Gasteiger partial charge in [0.15, 0.2) is 0 Å². The molecule has 17 heavy (non-hydrogen) atoms. The monoisotopic (exact) mass is 291 g/mol. The third kappa shape index (κ3) is 3.01. The number of aromatic hydroxyl groups is 1. The summed E-state index contributed by atoms with van der Waals surface area (Å²) < 4.78 is 1.09. The number of phenols is 1. The van der Waals surface area contributed by atoms with Crippen LogP contribution >= 0.6 is 15.9 Å². The van der Waals surface area contributed by atoms with Crippen LogP contribution in [0.1, 0.15) is 11.1 Å². The molecule has 2 rings (SSSR count). The van der Waals surface area contributed by atoms with Crippen molar-refractivity contribution in [2.24, 2.45) is 0 Å². The molecule has 0 aliphatic carbocycles. The largest absolute Gasteiger partial charge is 0.508 e. The molecule has 0 radical (unpaired) electrons.